The first kappa shape index (κ1) is 18.8. The van der Waals surface area contributed by atoms with Gasteiger partial charge in [-0.25, -0.2) is 0 Å². The van der Waals surface area contributed by atoms with Crippen molar-refractivity contribution in [2.24, 2.45) is 0 Å². The molecule has 1 aromatic carbocycles. The molecular weight excluding hydrogens is 342 g/mol. The first-order valence-corrected chi connectivity index (χ1v) is 10.3. The zero-order valence-corrected chi connectivity index (χ0v) is 16.5. The fourth-order valence-electron chi connectivity index (χ4n) is 5.98. The van der Waals surface area contributed by atoms with E-state index in [1.807, 2.05) is 6.07 Å². The number of Topliss-reactive ketones (excluding diaryl/α,β-unsaturated/α-hetero) is 1. The number of carbonyl (C=O) groups is 1. The van der Waals surface area contributed by atoms with Crippen molar-refractivity contribution in [3.05, 3.63) is 23.3 Å². The zero-order valence-electron chi connectivity index (χ0n) is 16.5. The van der Waals surface area contributed by atoms with Gasteiger partial charge in [0, 0.05) is 29.9 Å². The summed E-state index contributed by atoms with van der Waals surface area (Å²) >= 11 is 0. The molecular formula is C22H31NO4. The number of fused-ring (bicyclic) bond motifs is 1. The smallest absolute Gasteiger partial charge is 0.161 e. The molecule has 5 nitrogen and oxygen atoms in total. The van der Waals surface area contributed by atoms with Crippen molar-refractivity contribution in [3.63, 3.8) is 0 Å². The van der Waals surface area contributed by atoms with Crippen molar-refractivity contribution in [2.45, 2.75) is 75.3 Å². The number of nitrogens with zero attached hydrogens (tertiary/aromatic N) is 1. The predicted octanol–water partition coefficient (Wildman–Crippen LogP) is 2.94. The van der Waals surface area contributed by atoms with Gasteiger partial charge in [0.05, 0.1) is 12.7 Å². The number of rotatable bonds is 5. The lowest BCUT2D eigenvalue weighted by molar-refractivity contribution is -0.172. The average Bonchev–Trinajstić information content (AvgIpc) is 2.64. The van der Waals surface area contributed by atoms with Crippen LogP contribution in [0.2, 0.25) is 0 Å². The molecule has 1 heterocycles. The normalized spacial score (nSPS) is 32.7. The Kier molecular flexibility index (Phi) is 4.71. The lowest BCUT2D eigenvalue weighted by atomic mass is 9.49. The third-order valence-corrected chi connectivity index (χ3v) is 7.32. The molecule has 0 radical (unpaired) electrons. The van der Waals surface area contributed by atoms with E-state index < -0.39 is 11.0 Å². The number of carbonyl (C=O) groups excluding carboxylic acids is 1. The third-order valence-electron chi connectivity index (χ3n) is 7.32. The number of phenolic OH excluding ortho intramolecular Hbond substituents is 1. The van der Waals surface area contributed by atoms with E-state index in [1.54, 1.807) is 13.2 Å². The second-order valence-corrected chi connectivity index (χ2v) is 8.59. The van der Waals surface area contributed by atoms with Gasteiger partial charge in [0.15, 0.2) is 11.5 Å². The summed E-state index contributed by atoms with van der Waals surface area (Å²) in [7, 11) is 1.54. The van der Waals surface area contributed by atoms with Crippen molar-refractivity contribution < 1.29 is 19.7 Å². The van der Waals surface area contributed by atoms with Gasteiger partial charge in [-0.3, -0.25) is 9.69 Å². The molecule has 5 heteroatoms. The Balaban J connectivity index is 1.82. The largest absolute Gasteiger partial charge is 0.504 e. The lowest BCUT2D eigenvalue weighted by Crippen LogP contribution is -2.73. The van der Waals surface area contributed by atoms with Gasteiger partial charge in [-0.1, -0.05) is 25.8 Å². The number of benzene rings is 1. The number of ketones is 1. The average molecular weight is 373 g/mol. The monoisotopic (exact) mass is 373 g/mol. The molecule has 2 aliphatic carbocycles. The van der Waals surface area contributed by atoms with E-state index in [0.29, 0.717) is 37.9 Å². The van der Waals surface area contributed by atoms with Crippen molar-refractivity contribution in [3.8, 4) is 11.5 Å². The molecule has 2 fully saturated rings. The Morgan fingerprint density at radius 2 is 2.11 bits per heavy atom. The van der Waals surface area contributed by atoms with Gasteiger partial charge in [0.1, 0.15) is 5.78 Å². The van der Waals surface area contributed by atoms with Crippen LogP contribution in [0, 0.1) is 0 Å². The molecule has 1 saturated heterocycles. The minimum absolute atomic E-state index is 0.0106. The summed E-state index contributed by atoms with van der Waals surface area (Å²) in [6.45, 7) is 4.05. The summed E-state index contributed by atoms with van der Waals surface area (Å²) in [5, 5.41) is 23.0. The first-order valence-electron chi connectivity index (χ1n) is 10.3. The van der Waals surface area contributed by atoms with Crippen LogP contribution in [-0.4, -0.2) is 52.7 Å². The minimum Gasteiger partial charge on any atom is -0.504 e. The number of likely N-dealkylation sites (tertiary alicyclic amines) is 1. The molecule has 1 aromatic rings. The number of ether oxygens (including phenoxy) is 1. The zero-order chi connectivity index (χ0) is 19.2. The Hall–Kier alpha value is -1.59. The number of methoxy groups -OCH3 is 1. The van der Waals surface area contributed by atoms with Crippen molar-refractivity contribution in [1.82, 2.24) is 4.90 Å². The number of aliphatic hydroxyl groups is 1. The van der Waals surface area contributed by atoms with Gasteiger partial charge < -0.3 is 14.9 Å². The Bertz CT molecular complexity index is 748. The van der Waals surface area contributed by atoms with Crippen molar-refractivity contribution >= 4 is 5.78 Å². The molecule has 148 valence electrons. The molecule has 0 spiro atoms. The highest BCUT2D eigenvalue weighted by Crippen LogP contribution is 2.60. The van der Waals surface area contributed by atoms with Gasteiger partial charge in [0.2, 0.25) is 0 Å². The van der Waals surface area contributed by atoms with E-state index in [9.17, 15) is 15.0 Å². The van der Waals surface area contributed by atoms with E-state index in [-0.39, 0.29) is 17.6 Å². The summed E-state index contributed by atoms with van der Waals surface area (Å²) < 4.78 is 5.34. The highest BCUT2D eigenvalue weighted by atomic mass is 16.5. The quantitative estimate of drug-likeness (QED) is 0.777. The number of hydrogen-bond acceptors (Lipinski definition) is 5. The molecule has 27 heavy (non-hydrogen) atoms. The molecule has 3 aliphatic rings. The van der Waals surface area contributed by atoms with Crippen LogP contribution in [0.1, 0.15) is 63.0 Å². The number of phenols is 1. The second-order valence-electron chi connectivity index (χ2n) is 8.59. The second kappa shape index (κ2) is 6.78. The summed E-state index contributed by atoms with van der Waals surface area (Å²) in [5.41, 5.74) is 0.155. The Morgan fingerprint density at radius 1 is 1.30 bits per heavy atom. The van der Waals surface area contributed by atoms with Crippen LogP contribution in [0.5, 0.6) is 11.5 Å². The van der Waals surface area contributed by atoms with Crippen LogP contribution in [-0.2, 0) is 16.6 Å². The number of unbranched alkanes of at least 4 members (excludes halogenated alkanes) is 2. The molecule has 2 bridgehead atoms. The van der Waals surface area contributed by atoms with E-state index in [1.165, 1.54) is 12.8 Å². The molecule has 1 saturated carbocycles. The molecule has 0 aromatic heterocycles. The topological polar surface area (TPSA) is 70.0 Å². The number of hydrogen-bond donors (Lipinski definition) is 2. The maximum atomic E-state index is 12.5. The van der Waals surface area contributed by atoms with Gasteiger partial charge in [-0.05, 0) is 50.4 Å². The highest BCUT2D eigenvalue weighted by molar-refractivity contribution is 5.83. The van der Waals surface area contributed by atoms with Crippen molar-refractivity contribution in [2.75, 3.05) is 20.2 Å². The fourth-order valence-corrected chi connectivity index (χ4v) is 5.98. The minimum atomic E-state index is -0.970. The summed E-state index contributed by atoms with van der Waals surface area (Å²) in [5.74, 6) is 0.723. The highest BCUT2D eigenvalue weighted by Gasteiger charge is 2.65. The van der Waals surface area contributed by atoms with E-state index in [0.717, 1.165) is 30.6 Å². The van der Waals surface area contributed by atoms with Gasteiger partial charge >= 0.3 is 0 Å². The predicted molar refractivity (Wildman–Crippen MR) is 103 cm³/mol. The van der Waals surface area contributed by atoms with Crippen LogP contribution in [0.15, 0.2) is 12.1 Å². The summed E-state index contributed by atoms with van der Waals surface area (Å²) in [4.78, 5) is 14.9. The van der Waals surface area contributed by atoms with Gasteiger partial charge in [-0.2, -0.15) is 0 Å². The van der Waals surface area contributed by atoms with Crippen molar-refractivity contribution in [1.29, 1.82) is 0 Å². The third kappa shape index (κ3) is 2.62. The molecule has 3 atom stereocenters. The molecule has 0 unspecified atom stereocenters. The maximum Gasteiger partial charge on any atom is 0.161 e. The van der Waals surface area contributed by atoms with Crippen LogP contribution in [0.4, 0.5) is 0 Å². The van der Waals surface area contributed by atoms with Crippen LogP contribution >= 0.6 is 0 Å². The van der Waals surface area contributed by atoms with Crippen LogP contribution < -0.4 is 4.74 Å². The van der Waals surface area contributed by atoms with E-state index >= 15 is 0 Å². The van der Waals surface area contributed by atoms with Gasteiger partial charge in [0.25, 0.3) is 0 Å². The summed E-state index contributed by atoms with van der Waals surface area (Å²) in [6.07, 6.45) is 6.15. The summed E-state index contributed by atoms with van der Waals surface area (Å²) in [6, 6.07) is 3.82. The number of piperidine rings is 1. The number of aromatic hydroxyl groups is 1. The Morgan fingerprint density at radius 3 is 2.85 bits per heavy atom. The SMILES string of the molecule is CCCCCN1CC[C@]23CC(=O)CC[C@@]2(O)[C@@H]1Cc1ccc(OC)c(O)c13. The van der Waals surface area contributed by atoms with E-state index in [2.05, 4.69) is 11.8 Å². The first-order chi connectivity index (χ1) is 13.0. The molecule has 0 amide bonds. The maximum absolute atomic E-state index is 12.5. The lowest BCUT2D eigenvalue weighted by Gasteiger charge is -2.63. The van der Waals surface area contributed by atoms with Crippen LogP contribution in [0.3, 0.4) is 0 Å². The standard InChI is InChI=1S/C22H31NO4/c1-3-4-5-11-23-12-10-21-14-16(24)8-9-22(21,26)18(23)13-15-6-7-17(27-2)20(25)19(15)21/h6-7,18,25-26H,3-5,8-14H2,1-2H3/t18-,21+,22+/m0/s1. The Labute approximate surface area is 161 Å². The van der Waals surface area contributed by atoms with Gasteiger partial charge in [-0.15, -0.1) is 0 Å². The van der Waals surface area contributed by atoms with E-state index in [4.69, 9.17) is 4.74 Å². The molecule has 2 N–H and O–H groups in total. The molecule has 4 rings (SSSR count). The van der Waals surface area contributed by atoms with Crippen LogP contribution in [0.25, 0.3) is 0 Å². The molecule has 1 aliphatic heterocycles. The fraction of sp³-hybridized carbons (Fsp3) is 0.682.